The van der Waals surface area contributed by atoms with Crippen LogP contribution < -0.4 is 20.1 Å². The van der Waals surface area contributed by atoms with Gasteiger partial charge in [0, 0.05) is 16.9 Å². The molecule has 160 valence electrons. The Morgan fingerprint density at radius 3 is 2.16 bits per heavy atom. The van der Waals surface area contributed by atoms with Gasteiger partial charge in [-0.25, -0.2) is 8.42 Å². The Morgan fingerprint density at radius 1 is 0.903 bits per heavy atom. The zero-order valence-corrected chi connectivity index (χ0v) is 18.3. The lowest BCUT2D eigenvalue weighted by atomic mass is 10.2. The topological polar surface area (TPSA) is 96.5 Å². The molecular weight excluding hydrogens is 434 g/mol. The van der Waals surface area contributed by atoms with Crippen molar-refractivity contribution in [3.05, 3.63) is 84.4 Å². The molecule has 0 radical (unpaired) electrons. The molecule has 0 aromatic heterocycles. The van der Waals surface area contributed by atoms with E-state index in [1.165, 1.54) is 12.1 Å². The lowest BCUT2D eigenvalue weighted by Crippen LogP contribution is -2.34. The summed E-state index contributed by atoms with van der Waals surface area (Å²) in [5, 5.41) is 5.54. The molecule has 0 heterocycles. The number of carbonyl (C=O) groups excluding carboxylic acids is 1. The van der Waals surface area contributed by atoms with E-state index in [0.29, 0.717) is 29.3 Å². The summed E-state index contributed by atoms with van der Waals surface area (Å²) in [6, 6.07) is 21.3. The number of para-hydroxylation sites is 1. The average Bonchev–Trinajstić information content (AvgIpc) is 2.75. The third-order valence-corrected chi connectivity index (χ3v) is 5.70. The van der Waals surface area contributed by atoms with E-state index >= 15 is 0 Å². The van der Waals surface area contributed by atoms with Gasteiger partial charge in [-0.3, -0.25) is 14.8 Å². The SMILES string of the molecule is CCOc1ccc(C(=O)NC(=S)Nc2ccc(S(=O)(=O)Nc3ccccc3)cc2)cc1. The number of thiocarbonyl (C=S) groups is 1. The first kappa shape index (κ1) is 22.3. The Balaban J connectivity index is 1.58. The van der Waals surface area contributed by atoms with E-state index < -0.39 is 10.0 Å². The maximum atomic E-state index is 12.5. The molecule has 0 saturated carbocycles. The van der Waals surface area contributed by atoms with Crippen molar-refractivity contribution in [1.29, 1.82) is 0 Å². The van der Waals surface area contributed by atoms with Crippen LogP contribution in [0.2, 0.25) is 0 Å². The number of nitrogens with one attached hydrogen (secondary N) is 3. The summed E-state index contributed by atoms with van der Waals surface area (Å²) in [4.78, 5) is 12.4. The van der Waals surface area contributed by atoms with Crippen molar-refractivity contribution in [2.45, 2.75) is 11.8 Å². The molecule has 7 nitrogen and oxygen atoms in total. The minimum atomic E-state index is -3.71. The van der Waals surface area contributed by atoms with E-state index in [0.717, 1.165) is 0 Å². The highest BCUT2D eigenvalue weighted by Gasteiger charge is 2.14. The molecule has 0 saturated heterocycles. The molecule has 3 aromatic carbocycles. The van der Waals surface area contributed by atoms with Crippen LogP contribution in [0.5, 0.6) is 5.75 Å². The molecule has 0 spiro atoms. The second-order valence-electron chi connectivity index (χ2n) is 6.36. The van der Waals surface area contributed by atoms with Crippen molar-refractivity contribution in [3.63, 3.8) is 0 Å². The molecular formula is C22H21N3O4S2. The standard InChI is InChI=1S/C22H21N3O4S2/c1-2-29-19-12-8-16(9-13-19)21(26)24-22(30)23-17-10-14-20(15-11-17)31(27,28)25-18-6-4-3-5-7-18/h3-15,25H,2H2,1H3,(H2,23,24,26,30). The van der Waals surface area contributed by atoms with Gasteiger partial charge < -0.3 is 10.1 Å². The summed E-state index contributed by atoms with van der Waals surface area (Å²) < 4.78 is 32.8. The van der Waals surface area contributed by atoms with Gasteiger partial charge in [-0.1, -0.05) is 18.2 Å². The van der Waals surface area contributed by atoms with Gasteiger partial charge in [-0.15, -0.1) is 0 Å². The number of anilines is 2. The molecule has 3 rings (SSSR count). The van der Waals surface area contributed by atoms with Gasteiger partial charge in [0.1, 0.15) is 5.75 Å². The first-order valence-electron chi connectivity index (χ1n) is 9.40. The Morgan fingerprint density at radius 2 is 1.55 bits per heavy atom. The van der Waals surface area contributed by atoms with Gasteiger partial charge in [0.15, 0.2) is 5.11 Å². The fourth-order valence-electron chi connectivity index (χ4n) is 2.64. The van der Waals surface area contributed by atoms with Crippen LogP contribution in [0.3, 0.4) is 0 Å². The van der Waals surface area contributed by atoms with Crippen molar-refractivity contribution in [2.24, 2.45) is 0 Å². The van der Waals surface area contributed by atoms with Crippen LogP contribution in [0.1, 0.15) is 17.3 Å². The van der Waals surface area contributed by atoms with E-state index in [4.69, 9.17) is 17.0 Å². The lowest BCUT2D eigenvalue weighted by molar-refractivity contribution is 0.0977. The van der Waals surface area contributed by atoms with Gasteiger partial charge >= 0.3 is 0 Å². The summed E-state index contributed by atoms with van der Waals surface area (Å²) in [6.07, 6.45) is 0. The fourth-order valence-corrected chi connectivity index (χ4v) is 3.91. The molecule has 0 bridgehead atoms. The minimum absolute atomic E-state index is 0.0944. The number of sulfonamides is 1. The van der Waals surface area contributed by atoms with E-state index in [-0.39, 0.29) is 15.9 Å². The maximum Gasteiger partial charge on any atom is 0.261 e. The summed E-state index contributed by atoms with van der Waals surface area (Å²) in [6.45, 7) is 2.43. The molecule has 0 fully saturated rings. The van der Waals surface area contributed by atoms with E-state index in [1.54, 1.807) is 66.7 Å². The first-order valence-corrected chi connectivity index (χ1v) is 11.3. The van der Waals surface area contributed by atoms with Crippen LogP contribution in [-0.2, 0) is 10.0 Å². The smallest absolute Gasteiger partial charge is 0.261 e. The van der Waals surface area contributed by atoms with Crippen LogP contribution >= 0.6 is 12.2 Å². The van der Waals surface area contributed by atoms with Crippen molar-refractivity contribution in [1.82, 2.24) is 5.32 Å². The third-order valence-electron chi connectivity index (χ3n) is 4.10. The first-order chi connectivity index (χ1) is 14.9. The van der Waals surface area contributed by atoms with E-state index in [2.05, 4.69) is 15.4 Å². The number of rotatable bonds is 7. The number of benzene rings is 3. The molecule has 0 aliphatic rings. The van der Waals surface area contributed by atoms with Gasteiger partial charge in [0.05, 0.1) is 11.5 Å². The zero-order chi connectivity index (χ0) is 22.3. The second-order valence-corrected chi connectivity index (χ2v) is 8.45. The average molecular weight is 456 g/mol. The van der Waals surface area contributed by atoms with Gasteiger partial charge in [0.2, 0.25) is 0 Å². The number of carbonyl (C=O) groups is 1. The molecule has 0 aliphatic carbocycles. The molecule has 0 atom stereocenters. The number of ether oxygens (including phenoxy) is 1. The monoisotopic (exact) mass is 455 g/mol. The zero-order valence-electron chi connectivity index (χ0n) is 16.7. The molecule has 3 N–H and O–H groups in total. The molecule has 1 amide bonds. The lowest BCUT2D eigenvalue weighted by Gasteiger charge is -2.11. The molecule has 3 aromatic rings. The molecule has 9 heteroatoms. The minimum Gasteiger partial charge on any atom is -0.494 e. The van der Waals surface area contributed by atoms with E-state index in [1.807, 2.05) is 6.92 Å². The van der Waals surface area contributed by atoms with Crippen molar-refractivity contribution in [2.75, 3.05) is 16.6 Å². The van der Waals surface area contributed by atoms with Crippen LogP contribution in [0.15, 0.2) is 83.8 Å². The van der Waals surface area contributed by atoms with Crippen LogP contribution in [0.4, 0.5) is 11.4 Å². The summed E-state index contributed by atoms with van der Waals surface area (Å²) in [5.74, 6) is 0.309. The van der Waals surface area contributed by atoms with Crippen LogP contribution in [-0.4, -0.2) is 26.0 Å². The Bertz CT molecular complexity index is 1150. The normalized spacial score (nSPS) is 10.7. The number of hydrogen-bond acceptors (Lipinski definition) is 5. The third kappa shape index (κ3) is 6.27. The van der Waals surface area contributed by atoms with Crippen molar-refractivity contribution in [3.8, 4) is 5.75 Å². The molecule has 0 aliphatic heterocycles. The number of hydrogen-bond donors (Lipinski definition) is 3. The predicted molar refractivity (Wildman–Crippen MR) is 125 cm³/mol. The van der Waals surface area contributed by atoms with Crippen LogP contribution in [0.25, 0.3) is 0 Å². The van der Waals surface area contributed by atoms with E-state index in [9.17, 15) is 13.2 Å². The highest BCUT2D eigenvalue weighted by atomic mass is 32.2. The van der Waals surface area contributed by atoms with Gasteiger partial charge in [-0.2, -0.15) is 0 Å². The largest absolute Gasteiger partial charge is 0.494 e. The molecule has 0 unspecified atom stereocenters. The quantitative estimate of drug-likeness (QED) is 0.466. The maximum absolute atomic E-state index is 12.5. The highest BCUT2D eigenvalue weighted by molar-refractivity contribution is 7.92. The Labute approximate surface area is 186 Å². The van der Waals surface area contributed by atoms with Gasteiger partial charge in [0.25, 0.3) is 15.9 Å². The molecule has 31 heavy (non-hydrogen) atoms. The fraction of sp³-hybridized carbons (Fsp3) is 0.0909. The Hall–Kier alpha value is -3.43. The summed E-state index contributed by atoms with van der Waals surface area (Å²) in [7, 11) is -3.71. The highest BCUT2D eigenvalue weighted by Crippen LogP contribution is 2.18. The van der Waals surface area contributed by atoms with Crippen molar-refractivity contribution >= 4 is 44.6 Å². The van der Waals surface area contributed by atoms with Crippen molar-refractivity contribution < 1.29 is 17.9 Å². The Kier molecular flexibility index (Phi) is 7.22. The number of amides is 1. The summed E-state index contributed by atoms with van der Waals surface area (Å²) in [5.41, 5.74) is 1.44. The van der Waals surface area contributed by atoms with Gasteiger partial charge in [-0.05, 0) is 79.8 Å². The second kappa shape index (κ2) is 10.1. The summed E-state index contributed by atoms with van der Waals surface area (Å²) >= 11 is 5.17. The predicted octanol–water partition coefficient (Wildman–Crippen LogP) is 4.01. The van der Waals surface area contributed by atoms with Crippen LogP contribution in [0, 0.1) is 0 Å².